The molecule has 0 spiro atoms. The van der Waals surface area contributed by atoms with Crippen LogP contribution in [-0.2, 0) is 0 Å². The molecule has 0 saturated carbocycles. The fraction of sp³-hybridized carbons (Fsp3) is 0.250. The van der Waals surface area contributed by atoms with Crippen LogP contribution in [0.15, 0.2) is 12.1 Å². The molecule has 0 atom stereocenters. The molecule has 76 valence electrons. The molecule has 1 aromatic carbocycles. The van der Waals surface area contributed by atoms with Crippen molar-refractivity contribution in [2.24, 2.45) is 0 Å². The van der Waals surface area contributed by atoms with E-state index in [-0.39, 0.29) is 17.0 Å². The summed E-state index contributed by atoms with van der Waals surface area (Å²) in [5, 5.41) is 17.9. The SMILES string of the molecule is COc1c(F)ccc(B(O)O)c1OC. The zero-order valence-electron chi connectivity index (χ0n) is 7.82. The molecule has 4 nitrogen and oxygen atoms in total. The van der Waals surface area contributed by atoms with Crippen molar-refractivity contribution in [1.82, 2.24) is 0 Å². The molecule has 6 heteroatoms. The highest BCUT2D eigenvalue weighted by Gasteiger charge is 2.22. The Morgan fingerprint density at radius 1 is 1.14 bits per heavy atom. The minimum Gasteiger partial charge on any atom is -0.493 e. The van der Waals surface area contributed by atoms with Crippen LogP contribution in [0, 0.1) is 5.82 Å². The van der Waals surface area contributed by atoms with Gasteiger partial charge in [-0.2, -0.15) is 0 Å². The molecule has 0 unspecified atom stereocenters. The Morgan fingerprint density at radius 2 is 1.71 bits per heavy atom. The summed E-state index contributed by atoms with van der Waals surface area (Å²) in [6.45, 7) is 0. The van der Waals surface area contributed by atoms with Gasteiger partial charge in [0, 0.05) is 5.46 Å². The maximum atomic E-state index is 13.1. The van der Waals surface area contributed by atoms with Gasteiger partial charge in [-0.1, -0.05) is 6.07 Å². The lowest BCUT2D eigenvalue weighted by molar-refractivity contribution is 0.337. The van der Waals surface area contributed by atoms with E-state index in [4.69, 9.17) is 19.5 Å². The number of hydrogen-bond acceptors (Lipinski definition) is 4. The van der Waals surface area contributed by atoms with E-state index in [1.807, 2.05) is 0 Å². The fourth-order valence-corrected chi connectivity index (χ4v) is 1.16. The van der Waals surface area contributed by atoms with Gasteiger partial charge in [0.1, 0.15) is 0 Å². The molecule has 0 heterocycles. The minimum atomic E-state index is -1.72. The Labute approximate surface area is 81.0 Å². The van der Waals surface area contributed by atoms with Gasteiger partial charge in [0.15, 0.2) is 17.3 Å². The van der Waals surface area contributed by atoms with E-state index >= 15 is 0 Å². The second-order valence-electron chi connectivity index (χ2n) is 2.58. The van der Waals surface area contributed by atoms with Crippen molar-refractivity contribution in [3.05, 3.63) is 17.9 Å². The van der Waals surface area contributed by atoms with E-state index < -0.39 is 12.9 Å². The third-order valence-corrected chi connectivity index (χ3v) is 1.78. The highest BCUT2D eigenvalue weighted by Crippen LogP contribution is 2.27. The second-order valence-corrected chi connectivity index (χ2v) is 2.58. The third kappa shape index (κ3) is 1.81. The van der Waals surface area contributed by atoms with Crippen LogP contribution in [0.3, 0.4) is 0 Å². The van der Waals surface area contributed by atoms with E-state index in [0.29, 0.717) is 0 Å². The van der Waals surface area contributed by atoms with Crippen LogP contribution in [0.5, 0.6) is 11.5 Å². The lowest BCUT2D eigenvalue weighted by Crippen LogP contribution is -2.31. The maximum Gasteiger partial charge on any atom is 0.492 e. The molecular formula is C8H10BFO4. The summed E-state index contributed by atoms with van der Waals surface area (Å²) in [6.07, 6.45) is 0. The van der Waals surface area contributed by atoms with Crippen molar-refractivity contribution in [2.75, 3.05) is 14.2 Å². The zero-order valence-corrected chi connectivity index (χ0v) is 7.82. The predicted molar refractivity (Wildman–Crippen MR) is 49.3 cm³/mol. The molecule has 0 fully saturated rings. The van der Waals surface area contributed by atoms with Gasteiger partial charge in [0.25, 0.3) is 0 Å². The normalized spacial score (nSPS) is 9.79. The Kier molecular flexibility index (Phi) is 3.32. The number of hydrogen-bond donors (Lipinski definition) is 2. The Hall–Kier alpha value is -1.27. The molecule has 0 radical (unpaired) electrons. The zero-order chi connectivity index (χ0) is 10.7. The van der Waals surface area contributed by atoms with Crippen molar-refractivity contribution >= 4 is 12.6 Å². The van der Waals surface area contributed by atoms with E-state index in [9.17, 15) is 4.39 Å². The smallest absolute Gasteiger partial charge is 0.492 e. The molecule has 0 aliphatic rings. The Balaban J connectivity index is 3.33. The third-order valence-electron chi connectivity index (χ3n) is 1.78. The van der Waals surface area contributed by atoms with E-state index in [2.05, 4.69) is 0 Å². The molecule has 0 aromatic heterocycles. The van der Waals surface area contributed by atoms with Gasteiger partial charge in [-0.3, -0.25) is 0 Å². The number of halogens is 1. The summed E-state index contributed by atoms with van der Waals surface area (Å²) in [5.74, 6) is -0.769. The van der Waals surface area contributed by atoms with Gasteiger partial charge >= 0.3 is 7.12 Å². The van der Waals surface area contributed by atoms with E-state index in [1.54, 1.807) is 0 Å². The highest BCUT2D eigenvalue weighted by atomic mass is 19.1. The van der Waals surface area contributed by atoms with Crippen LogP contribution in [0.1, 0.15) is 0 Å². The van der Waals surface area contributed by atoms with Gasteiger partial charge in [-0.15, -0.1) is 0 Å². The number of benzene rings is 1. The summed E-state index contributed by atoms with van der Waals surface area (Å²) >= 11 is 0. The summed E-state index contributed by atoms with van der Waals surface area (Å²) in [6, 6.07) is 2.30. The van der Waals surface area contributed by atoms with Crippen molar-refractivity contribution in [1.29, 1.82) is 0 Å². The summed E-state index contributed by atoms with van der Waals surface area (Å²) < 4.78 is 22.7. The van der Waals surface area contributed by atoms with Gasteiger partial charge in [-0.05, 0) is 6.07 Å². The van der Waals surface area contributed by atoms with Gasteiger partial charge < -0.3 is 19.5 Å². The first-order valence-electron chi connectivity index (χ1n) is 3.88. The topological polar surface area (TPSA) is 58.9 Å². The molecule has 1 aromatic rings. The molecule has 0 aliphatic carbocycles. The van der Waals surface area contributed by atoms with Crippen LogP contribution in [0.25, 0.3) is 0 Å². The fourth-order valence-electron chi connectivity index (χ4n) is 1.16. The highest BCUT2D eigenvalue weighted by molar-refractivity contribution is 6.59. The second kappa shape index (κ2) is 4.30. The molecule has 1 rings (SSSR count). The van der Waals surface area contributed by atoms with Gasteiger partial charge in [0.05, 0.1) is 14.2 Å². The molecule has 0 saturated heterocycles. The van der Waals surface area contributed by atoms with Crippen LogP contribution < -0.4 is 14.9 Å². The lowest BCUT2D eigenvalue weighted by atomic mass is 9.79. The van der Waals surface area contributed by atoms with Crippen LogP contribution >= 0.6 is 0 Å². The molecule has 0 amide bonds. The average Bonchev–Trinajstić information content (AvgIpc) is 2.16. The molecule has 2 N–H and O–H groups in total. The lowest BCUT2D eigenvalue weighted by Gasteiger charge is -2.12. The van der Waals surface area contributed by atoms with Crippen LogP contribution in [0.4, 0.5) is 4.39 Å². The molecular weight excluding hydrogens is 190 g/mol. The quantitative estimate of drug-likeness (QED) is 0.647. The monoisotopic (exact) mass is 200 g/mol. The maximum absolute atomic E-state index is 13.1. The first-order valence-corrected chi connectivity index (χ1v) is 3.88. The van der Waals surface area contributed by atoms with E-state index in [1.165, 1.54) is 20.3 Å². The number of methoxy groups -OCH3 is 2. The van der Waals surface area contributed by atoms with Gasteiger partial charge in [-0.25, -0.2) is 4.39 Å². The standard InChI is InChI=1S/C8H10BFO4/c1-13-7-5(9(11)12)3-4-6(10)8(7)14-2/h3-4,11-12H,1-2H3. The molecule has 0 bridgehead atoms. The first-order chi connectivity index (χ1) is 6.61. The van der Waals surface area contributed by atoms with E-state index in [0.717, 1.165) is 6.07 Å². The van der Waals surface area contributed by atoms with Crippen LogP contribution in [-0.4, -0.2) is 31.4 Å². The largest absolute Gasteiger partial charge is 0.493 e. The first kappa shape index (κ1) is 10.8. The summed E-state index contributed by atoms with van der Waals surface area (Å²) in [4.78, 5) is 0. The molecule has 0 aliphatic heterocycles. The average molecular weight is 200 g/mol. The number of rotatable bonds is 3. The van der Waals surface area contributed by atoms with Gasteiger partial charge in [0.2, 0.25) is 0 Å². The summed E-state index contributed by atoms with van der Waals surface area (Å²) in [7, 11) is 0.844. The Morgan fingerprint density at radius 3 is 2.14 bits per heavy atom. The van der Waals surface area contributed by atoms with Crippen molar-refractivity contribution in [3.8, 4) is 11.5 Å². The summed E-state index contributed by atoms with van der Waals surface area (Å²) in [5.41, 5.74) is 0.0609. The predicted octanol–water partition coefficient (Wildman–Crippen LogP) is -0.477. The van der Waals surface area contributed by atoms with Crippen molar-refractivity contribution in [2.45, 2.75) is 0 Å². The Bertz CT molecular complexity index is 329. The molecule has 14 heavy (non-hydrogen) atoms. The van der Waals surface area contributed by atoms with Crippen molar-refractivity contribution in [3.63, 3.8) is 0 Å². The number of ether oxygens (including phenoxy) is 2. The minimum absolute atomic E-state index is 0.0116. The van der Waals surface area contributed by atoms with Crippen LogP contribution in [0.2, 0.25) is 0 Å². The van der Waals surface area contributed by atoms with Crippen molar-refractivity contribution < 1.29 is 23.9 Å².